The minimum Gasteiger partial charge on any atom is -0.480 e. The third-order valence-electron chi connectivity index (χ3n) is 2.64. The van der Waals surface area contributed by atoms with E-state index in [-0.39, 0.29) is 6.04 Å². The second kappa shape index (κ2) is 4.19. The molecule has 0 aromatic carbocycles. The summed E-state index contributed by atoms with van der Waals surface area (Å²) in [6.07, 6.45) is 0. The molecule has 15 heavy (non-hydrogen) atoms. The van der Waals surface area contributed by atoms with Crippen LogP contribution in [0.3, 0.4) is 0 Å². The van der Waals surface area contributed by atoms with Gasteiger partial charge in [-0.25, -0.2) is 8.51 Å². The number of rotatable bonds is 3. The predicted octanol–water partition coefficient (Wildman–Crippen LogP) is 0.454. The highest BCUT2D eigenvalue weighted by Gasteiger charge is 2.44. The van der Waals surface area contributed by atoms with Crippen molar-refractivity contribution in [3.05, 3.63) is 0 Å². The lowest BCUT2D eigenvalue weighted by Gasteiger charge is -2.30. The quantitative estimate of drug-likeness (QED) is 0.771. The molecule has 0 aliphatic carbocycles. The molecule has 1 aliphatic heterocycles. The molecule has 0 radical (unpaired) electrons. The molecule has 1 rings (SSSR count). The summed E-state index contributed by atoms with van der Waals surface area (Å²) in [5.41, 5.74) is -1.07. The van der Waals surface area contributed by atoms with E-state index in [9.17, 15) is 9.00 Å². The van der Waals surface area contributed by atoms with Gasteiger partial charge >= 0.3 is 5.97 Å². The number of aliphatic carboxylic acids is 1. The van der Waals surface area contributed by atoms with Crippen molar-refractivity contribution in [3.8, 4) is 0 Å². The van der Waals surface area contributed by atoms with Crippen molar-refractivity contribution in [3.63, 3.8) is 0 Å². The highest BCUT2D eigenvalue weighted by atomic mass is 32.2. The highest BCUT2D eigenvalue weighted by Crippen LogP contribution is 2.24. The van der Waals surface area contributed by atoms with Crippen LogP contribution in [0.1, 0.15) is 27.7 Å². The number of nitrogens with zero attached hydrogens (tertiary/aromatic N) is 2. The minimum atomic E-state index is -1.33. The number of carbonyl (C=O) groups is 1. The molecule has 0 aromatic rings. The lowest BCUT2D eigenvalue weighted by molar-refractivity contribution is -0.146. The van der Waals surface area contributed by atoms with E-state index in [1.165, 1.54) is 4.31 Å². The third-order valence-corrected chi connectivity index (χ3v) is 4.66. The van der Waals surface area contributed by atoms with E-state index in [1.807, 2.05) is 13.8 Å². The normalized spacial score (nSPS) is 25.0. The average Bonchev–Trinajstić information content (AvgIpc) is 2.46. The van der Waals surface area contributed by atoms with Crippen LogP contribution in [0.5, 0.6) is 0 Å². The van der Waals surface area contributed by atoms with Gasteiger partial charge in [0.15, 0.2) is 11.2 Å². The van der Waals surface area contributed by atoms with Gasteiger partial charge in [-0.2, -0.15) is 4.31 Å². The zero-order valence-corrected chi connectivity index (χ0v) is 10.4. The smallest absolute Gasteiger partial charge is 0.324 e. The van der Waals surface area contributed by atoms with Crippen LogP contribution in [0.15, 0.2) is 0 Å². The molecule has 5 nitrogen and oxygen atoms in total. The van der Waals surface area contributed by atoms with Gasteiger partial charge in [0.2, 0.25) is 0 Å². The first-order chi connectivity index (χ1) is 6.78. The van der Waals surface area contributed by atoms with E-state index in [2.05, 4.69) is 0 Å². The van der Waals surface area contributed by atoms with Crippen LogP contribution in [-0.4, -0.2) is 48.6 Å². The van der Waals surface area contributed by atoms with Gasteiger partial charge in [0.05, 0.1) is 0 Å². The summed E-state index contributed by atoms with van der Waals surface area (Å²) < 4.78 is 15.3. The Hall–Kier alpha value is -0.460. The van der Waals surface area contributed by atoms with Crippen molar-refractivity contribution in [1.82, 2.24) is 8.61 Å². The fourth-order valence-corrected chi connectivity index (χ4v) is 3.05. The lowest BCUT2D eigenvalue weighted by atomic mass is 10.1. The molecule has 1 aliphatic rings. The van der Waals surface area contributed by atoms with Crippen molar-refractivity contribution < 1.29 is 14.1 Å². The molecule has 0 spiro atoms. The Bertz CT molecular complexity index is 291. The molecular weight excluding hydrogens is 216 g/mol. The summed E-state index contributed by atoms with van der Waals surface area (Å²) in [6.45, 7) is 8.25. The molecule has 1 fully saturated rings. The van der Waals surface area contributed by atoms with Gasteiger partial charge < -0.3 is 5.11 Å². The molecule has 1 saturated heterocycles. The average molecular weight is 234 g/mol. The Morgan fingerprint density at radius 3 is 2.27 bits per heavy atom. The fraction of sp³-hybridized carbons (Fsp3) is 0.889. The number of carboxylic acids is 1. The van der Waals surface area contributed by atoms with Crippen LogP contribution in [0, 0.1) is 0 Å². The largest absolute Gasteiger partial charge is 0.480 e. The van der Waals surface area contributed by atoms with Crippen LogP contribution in [-0.2, 0) is 16.0 Å². The second-order valence-electron chi connectivity index (χ2n) is 4.43. The van der Waals surface area contributed by atoms with E-state index in [0.29, 0.717) is 13.1 Å². The van der Waals surface area contributed by atoms with Gasteiger partial charge in [-0.3, -0.25) is 4.79 Å². The van der Waals surface area contributed by atoms with Crippen LogP contribution < -0.4 is 0 Å². The van der Waals surface area contributed by atoms with Crippen LogP contribution >= 0.6 is 0 Å². The summed E-state index contributed by atoms with van der Waals surface area (Å²) in [4.78, 5) is 11.0. The van der Waals surface area contributed by atoms with Gasteiger partial charge in [0, 0.05) is 19.1 Å². The lowest BCUT2D eigenvalue weighted by Crippen LogP contribution is -2.50. The molecule has 0 bridgehead atoms. The van der Waals surface area contributed by atoms with Gasteiger partial charge in [-0.1, -0.05) is 0 Å². The van der Waals surface area contributed by atoms with Gasteiger partial charge in [-0.15, -0.1) is 0 Å². The van der Waals surface area contributed by atoms with E-state index >= 15 is 0 Å². The Morgan fingerprint density at radius 2 is 1.93 bits per heavy atom. The van der Waals surface area contributed by atoms with Gasteiger partial charge in [-0.05, 0) is 27.7 Å². The molecule has 1 unspecified atom stereocenters. The third kappa shape index (κ3) is 2.21. The van der Waals surface area contributed by atoms with E-state index in [0.717, 1.165) is 0 Å². The van der Waals surface area contributed by atoms with E-state index in [1.54, 1.807) is 18.2 Å². The standard InChI is InChI=1S/C9H18N2O3S/c1-7(2)10-5-6-11(15(10)14)9(3,4)8(12)13/h7H,5-6H2,1-4H3,(H,12,13). The second-order valence-corrected chi connectivity index (χ2v) is 5.80. The molecule has 1 N–H and O–H groups in total. The molecule has 0 aromatic heterocycles. The molecule has 1 atom stereocenters. The molecule has 0 amide bonds. The van der Waals surface area contributed by atoms with Crippen LogP contribution in [0.4, 0.5) is 0 Å². The summed E-state index contributed by atoms with van der Waals surface area (Å²) in [6, 6.07) is 0.167. The Morgan fingerprint density at radius 1 is 1.40 bits per heavy atom. The van der Waals surface area contributed by atoms with Crippen molar-refractivity contribution in [2.75, 3.05) is 13.1 Å². The predicted molar refractivity (Wildman–Crippen MR) is 58.4 cm³/mol. The van der Waals surface area contributed by atoms with Gasteiger partial charge in [0.1, 0.15) is 5.54 Å². The Balaban J connectivity index is 2.85. The maximum atomic E-state index is 12.0. The summed E-state index contributed by atoms with van der Waals surface area (Å²) in [5.74, 6) is -0.943. The van der Waals surface area contributed by atoms with Gasteiger partial charge in [0.25, 0.3) is 0 Å². The summed E-state index contributed by atoms with van der Waals surface area (Å²) in [5, 5.41) is 9.05. The number of carboxylic acid groups (broad SMARTS) is 1. The molecular formula is C9H18N2O3S. The zero-order chi connectivity index (χ0) is 11.8. The summed E-state index contributed by atoms with van der Waals surface area (Å²) in [7, 11) is 0. The van der Waals surface area contributed by atoms with Crippen LogP contribution in [0.25, 0.3) is 0 Å². The first-order valence-electron chi connectivity index (χ1n) is 4.98. The molecule has 6 heteroatoms. The Labute approximate surface area is 92.8 Å². The van der Waals surface area contributed by atoms with E-state index < -0.39 is 22.7 Å². The molecule has 88 valence electrons. The molecule has 0 saturated carbocycles. The minimum absolute atomic E-state index is 0.167. The van der Waals surface area contributed by atoms with Crippen molar-refractivity contribution in [2.45, 2.75) is 39.3 Å². The van der Waals surface area contributed by atoms with E-state index in [4.69, 9.17) is 5.11 Å². The van der Waals surface area contributed by atoms with Crippen molar-refractivity contribution >= 4 is 17.1 Å². The molecule has 1 heterocycles. The highest BCUT2D eigenvalue weighted by molar-refractivity contribution is 7.80. The fourth-order valence-electron chi connectivity index (χ4n) is 1.49. The first-order valence-corrected chi connectivity index (χ1v) is 6.04. The summed E-state index contributed by atoms with van der Waals surface area (Å²) >= 11 is -1.33. The monoisotopic (exact) mass is 234 g/mol. The topological polar surface area (TPSA) is 60.9 Å². The number of hydrogen-bond donors (Lipinski definition) is 1. The Kier molecular flexibility index (Phi) is 3.52. The number of hydrogen-bond acceptors (Lipinski definition) is 2. The first kappa shape index (κ1) is 12.6. The SMILES string of the molecule is CC(C)N1CCN(C(C)(C)C(=O)O)S1=O. The van der Waals surface area contributed by atoms with Crippen molar-refractivity contribution in [1.29, 1.82) is 0 Å². The van der Waals surface area contributed by atoms with Crippen molar-refractivity contribution in [2.24, 2.45) is 0 Å². The van der Waals surface area contributed by atoms with Crippen LogP contribution in [0.2, 0.25) is 0 Å². The maximum Gasteiger partial charge on any atom is 0.324 e. The zero-order valence-electron chi connectivity index (χ0n) is 9.56. The maximum absolute atomic E-state index is 12.0.